The summed E-state index contributed by atoms with van der Waals surface area (Å²) < 4.78 is 12.6. The lowest BCUT2D eigenvalue weighted by molar-refractivity contribution is -0.121. The summed E-state index contributed by atoms with van der Waals surface area (Å²) in [5, 5.41) is 5.25. The smallest absolute Gasteiger partial charge is 0.241 e. The zero-order valence-corrected chi connectivity index (χ0v) is 8.04. The van der Waals surface area contributed by atoms with Crippen LogP contribution in [0.25, 0.3) is 0 Å². The Kier molecular flexibility index (Phi) is 3.39. The summed E-state index contributed by atoms with van der Waals surface area (Å²) in [6.07, 6.45) is 0. The van der Waals surface area contributed by atoms with Gasteiger partial charge in [-0.05, 0) is 19.1 Å². The van der Waals surface area contributed by atoms with E-state index in [0.717, 1.165) is 0 Å². The van der Waals surface area contributed by atoms with E-state index in [0.29, 0.717) is 5.82 Å². The minimum atomic E-state index is -0.570. The number of carbonyl (C=O) groups is 1. The minimum absolute atomic E-state index is 0.170. The van der Waals surface area contributed by atoms with Crippen LogP contribution in [-0.4, -0.2) is 24.0 Å². The van der Waals surface area contributed by atoms with E-state index < -0.39 is 12.0 Å². The molecule has 5 heteroatoms. The number of amides is 1. The highest BCUT2D eigenvalue weighted by Gasteiger charge is 2.10. The Morgan fingerprint density at radius 3 is 2.86 bits per heavy atom. The van der Waals surface area contributed by atoms with Gasteiger partial charge in [-0.25, -0.2) is 4.98 Å². The average molecular weight is 197 g/mol. The van der Waals surface area contributed by atoms with Gasteiger partial charge >= 0.3 is 0 Å². The molecule has 0 spiro atoms. The summed E-state index contributed by atoms with van der Waals surface area (Å²) in [7, 11) is 1.54. The molecule has 0 fully saturated rings. The molecule has 0 aliphatic carbocycles. The topological polar surface area (TPSA) is 54.0 Å². The number of aromatic nitrogens is 1. The molecule has 0 unspecified atom stereocenters. The highest BCUT2D eigenvalue weighted by atomic mass is 19.1. The van der Waals surface area contributed by atoms with Crippen molar-refractivity contribution in [1.29, 1.82) is 0 Å². The molecule has 0 saturated heterocycles. The molecule has 1 amide bonds. The van der Waals surface area contributed by atoms with Crippen molar-refractivity contribution >= 4 is 11.7 Å². The number of halogens is 1. The van der Waals surface area contributed by atoms with Gasteiger partial charge in [-0.3, -0.25) is 4.79 Å². The second kappa shape index (κ2) is 4.55. The first-order chi connectivity index (χ1) is 6.63. The molecular weight excluding hydrogens is 185 g/mol. The number of nitrogens with one attached hydrogen (secondary N) is 2. The van der Waals surface area contributed by atoms with Gasteiger partial charge in [0.2, 0.25) is 11.9 Å². The highest BCUT2D eigenvalue weighted by Crippen LogP contribution is 2.04. The van der Waals surface area contributed by atoms with Crippen LogP contribution in [0.5, 0.6) is 0 Å². The second-order valence-electron chi connectivity index (χ2n) is 2.83. The van der Waals surface area contributed by atoms with Crippen LogP contribution < -0.4 is 10.6 Å². The number of pyridine rings is 1. The van der Waals surface area contributed by atoms with Gasteiger partial charge in [0.05, 0.1) is 0 Å². The van der Waals surface area contributed by atoms with Crippen LogP contribution in [0.1, 0.15) is 6.92 Å². The summed E-state index contributed by atoms with van der Waals surface area (Å²) in [6, 6.07) is 3.94. The van der Waals surface area contributed by atoms with Gasteiger partial charge in [0.25, 0.3) is 0 Å². The van der Waals surface area contributed by atoms with Crippen LogP contribution in [0.3, 0.4) is 0 Å². The summed E-state index contributed by atoms with van der Waals surface area (Å²) in [5.41, 5.74) is 0. The van der Waals surface area contributed by atoms with E-state index >= 15 is 0 Å². The number of likely N-dealkylation sites (N-methyl/N-ethyl adjacent to an activating group) is 1. The fourth-order valence-electron chi connectivity index (χ4n) is 0.993. The molecule has 0 saturated carbocycles. The standard InChI is InChI=1S/C9H12FN3O/c1-6(9(14)11-2)12-8-5-3-4-7(10)13-8/h3-6H,1-2H3,(H,11,14)(H,12,13)/t6-/m0/s1. The molecule has 2 N–H and O–H groups in total. The minimum Gasteiger partial charge on any atom is -0.359 e. The first-order valence-corrected chi connectivity index (χ1v) is 4.24. The van der Waals surface area contributed by atoms with E-state index in [9.17, 15) is 9.18 Å². The number of hydrogen-bond acceptors (Lipinski definition) is 3. The largest absolute Gasteiger partial charge is 0.359 e. The lowest BCUT2D eigenvalue weighted by atomic mass is 10.3. The molecule has 1 atom stereocenters. The van der Waals surface area contributed by atoms with E-state index in [4.69, 9.17) is 0 Å². The molecule has 1 aromatic rings. The monoisotopic (exact) mass is 197 g/mol. The average Bonchev–Trinajstić information content (AvgIpc) is 2.16. The summed E-state index contributed by atoms with van der Waals surface area (Å²) in [5.74, 6) is -0.392. The third-order valence-electron chi connectivity index (χ3n) is 1.72. The van der Waals surface area contributed by atoms with Crippen molar-refractivity contribution in [2.75, 3.05) is 12.4 Å². The predicted molar refractivity (Wildman–Crippen MR) is 51.3 cm³/mol. The van der Waals surface area contributed by atoms with Crippen molar-refractivity contribution in [3.05, 3.63) is 24.1 Å². The maximum absolute atomic E-state index is 12.6. The molecule has 1 rings (SSSR count). The normalized spacial score (nSPS) is 11.9. The fourth-order valence-corrected chi connectivity index (χ4v) is 0.993. The Bertz CT molecular complexity index is 330. The molecule has 0 radical (unpaired) electrons. The Morgan fingerprint density at radius 2 is 2.29 bits per heavy atom. The van der Waals surface area contributed by atoms with Gasteiger partial charge in [0.15, 0.2) is 0 Å². The van der Waals surface area contributed by atoms with Gasteiger partial charge in [-0.15, -0.1) is 0 Å². The molecule has 0 aliphatic rings. The molecule has 0 aromatic carbocycles. The molecule has 1 aromatic heterocycles. The van der Waals surface area contributed by atoms with E-state index in [1.807, 2.05) is 0 Å². The maximum atomic E-state index is 12.6. The van der Waals surface area contributed by atoms with Crippen LogP contribution >= 0.6 is 0 Å². The summed E-state index contributed by atoms with van der Waals surface area (Å²) in [4.78, 5) is 14.7. The number of anilines is 1. The Balaban J connectivity index is 2.64. The van der Waals surface area contributed by atoms with Crippen LogP contribution in [0, 0.1) is 5.95 Å². The van der Waals surface area contributed by atoms with Crippen molar-refractivity contribution in [2.24, 2.45) is 0 Å². The molecule has 4 nitrogen and oxygen atoms in total. The first-order valence-electron chi connectivity index (χ1n) is 4.24. The van der Waals surface area contributed by atoms with E-state index in [-0.39, 0.29) is 5.91 Å². The summed E-state index contributed by atoms with van der Waals surface area (Å²) >= 11 is 0. The fraction of sp³-hybridized carbons (Fsp3) is 0.333. The van der Waals surface area contributed by atoms with Crippen LogP contribution in [0.2, 0.25) is 0 Å². The number of carbonyl (C=O) groups excluding carboxylic acids is 1. The predicted octanol–water partition coefficient (Wildman–Crippen LogP) is 0.767. The van der Waals surface area contributed by atoms with E-state index in [2.05, 4.69) is 15.6 Å². The number of hydrogen-bond donors (Lipinski definition) is 2. The first kappa shape index (κ1) is 10.4. The third kappa shape index (κ3) is 2.69. The number of nitrogens with zero attached hydrogens (tertiary/aromatic N) is 1. The molecular formula is C9H12FN3O. The van der Waals surface area contributed by atoms with Crippen molar-refractivity contribution < 1.29 is 9.18 Å². The molecule has 0 bridgehead atoms. The Labute approximate surface area is 81.5 Å². The van der Waals surface area contributed by atoms with Crippen LogP contribution in [0.4, 0.5) is 10.2 Å². The van der Waals surface area contributed by atoms with E-state index in [1.165, 1.54) is 12.1 Å². The zero-order valence-electron chi connectivity index (χ0n) is 8.04. The SMILES string of the molecule is CNC(=O)[C@H](C)Nc1cccc(F)n1. The van der Waals surface area contributed by atoms with Crippen LogP contribution in [0.15, 0.2) is 18.2 Å². The van der Waals surface area contributed by atoms with Crippen molar-refractivity contribution in [2.45, 2.75) is 13.0 Å². The van der Waals surface area contributed by atoms with E-state index in [1.54, 1.807) is 20.0 Å². The third-order valence-corrected chi connectivity index (χ3v) is 1.72. The number of rotatable bonds is 3. The Morgan fingerprint density at radius 1 is 1.57 bits per heavy atom. The lowest BCUT2D eigenvalue weighted by Gasteiger charge is -2.12. The molecule has 1 heterocycles. The van der Waals surface area contributed by atoms with Gasteiger partial charge in [0.1, 0.15) is 11.9 Å². The second-order valence-corrected chi connectivity index (χ2v) is 2.83. The van der Waals surface area contributed by atoms with Gasteiger partial charge in [-0.1, -0.05) is 6.07 Å². The van der Waals surface area contributed by atoms with Gasteiger partial charge in [-0.2, -0.15) is 4.39 Å². The van der Waals surface area contributed by atoms with Crippen LogP contribution in [-0.2, 0) is 4.79 Å². The lowest BCUT2D eigenvalue weighted by Crippen LogP contribution is -2.35. The zero-order chi connectivity index (χ0) is 10.6. The maximum Gasteiger partial charge on any atom is 0.241 e. The molecule has 76 valence electrons. The molecule has 14 heavy (non-hydrogen) atoms. The highest BCUT2D eigenvalue weighted by molar-refractivity contribution is 5.83. The Hall–Kier alpha value is -1.65. The van der Waals surface area contributed by atoms with Crippen molar-refractivity contribution in [1.82, 2.24) is 10.3 Å². The quantitative estimate of drug-likeness (QED) is 0.703. The molecule has 0 aliphatic heterocycles. The van der Waals surface area contributed by atoms with Gasteiger partial charge in [0, 0.05) is 7.05 Å². The summed E-state index contributed by atoms with van der Waals surface area (Å²) in [6.45, 7) is 1.67. The van der Waals surface area contributed by atoms with Crippen molar-refractivity contribution in [3.63, 3.8) is 0 Å². The van der Waals surface area contributed by atoms with Gasteiger partial charge < -0.3 is 10.6 Å². The van der Waals surface area contributed by atoms with Crippen molar-refractivity contribution in [3.8, 4) is 0 Å².